The number of para-hydroxylation sites is 1. The number of rotatable bonds is 7. The Labute approximate surface area is 114 Å². The summed E-state index contributed by atoms with van der Waals surface area (Å²) in [5, 5.41) is 3.03. The van der Waals surface area contributed by atoms with E-state index in [9.17, 15) is 4.79 Å². The second-order valence-electron chi connectivity index (χ2n) is 4.92. The van der Waals surface area contributed by atoms with Gasteiger partial charge in [-0.15, -0.1) is 0 Å². The molecule has 1 aliphatic rings. The van der Waals surface area contributed by atoms with Crippen molar-refractivity contribution in [2.45, 2.75) is 31.8 Å². The molecule has 1 aromatic rings. The number of nitrogens with zero attached hydrogens (tertiary/aromatic N) is 1. The molecule has 1 amide bonds. The Morgan fingerprint density at radius 1 is 1.42 bits per heavy atom. The summed E-state index contributed by atoms with van der Waals surface area (Å²) in [7, 11) is 3.54. The van der Waals surface area contributed by atoms with Gasteiger partial charge in [0.25, 0.3) is 0 Å². The highest BCUT2D eigenvalue weighted by Crippen LogP contribution is 2.30. The Bertz CT molecular complexity index is 430. The molecular weight excluding hydrogens is 240 g/mol. The normalized spacial score (nSPS) is 14.2. The lowest BCUT2D eigenvalue weighted by molar-refractivity contribution is -0.132. The molecule has 19 heavy (non-hydrogen) atoms. The van der Waals surface area contributed by atoms with Crippen LogP contribution in [0.15, 0.2) is 24.3 Å². The summed E-state index contributed by atoms with van der Waals surface area (Å²) in [6, 6.07) is 8.33. The van der Waals surface area contributed by atoms with Crippen LogP contribution >= 0.6 is 0 Å². The van der Waals surface area contributed by atoms with Crippen molar-refractivity contribution in [2.75, 3.05) is 20.7 Å². The molecule has 0 aliphatic heterocycles. The number of benzene rings is 1. The highest BCUT2D eigenvalue weighted by Gasteiger charge is 2.32. The maximum atomic E-state index is 12.2. The molecule has 0 aromatic heterocycles. The van der Waals surface area contributed by atoms with Crippen molar-refractivity contribution in [1.82, 2.24) is 10.2 Å². The first-order chi connectivity index (χ1) is 9.26. The molecule has 104 valence electrons. The maximum absolute atomic E-state index is 12.2. The molecule has 0 heterocycles. The molecule has 4 heteroatoms. The number of methoxy groups -OCH3 is 1. The first kappa shape index (κ1) is 13.9. The summed E-state index contributed by atoms with van der Waals surface area (Å²) in [6.45, 7) is 1.38. The van der Waals surface area contributed by atoms with Crippen LogP contribution in [0.3, 0.4) is 0 Å². The summed E-state index contributed by atoms with van der Waals surface area (Å²) in [6.07, 6.45) is 2.81. The van der Waals surface area contributed by atoms with E-state index in [4.69, 9.17) is 4.74 Å². The third-order valence-corrected chi connectivity index (χ3v) is 3.43. The predicted octanol–water partition coefficient (Wildman–Crippen LogP) is 1.80. The van der Waals surface area contributed by atoms with Crippen molar-refractivity contribution in [1.29, 1.82) is 0 Å². The van der Waals surface area contributed by atoms with E-state index in [2.05, 4.69) is 5.32 Å². The van der Waals surface area contributed by atoms with Crippen molar-refractivity contribution >= 4 is 5.91 Å². The first-order valence-electron chi connectivity index (χ1n) is 6.82. The second kappa shape index (κ2) is 6.57. The zero-order chi connectivity index (χ0) is 13.7. The molecule has 1 aliphatic carbocycles. The number of nitrogens with one attached hydrogen (secondary N) is 1. The lowest BCUT2D eigenvalue weighted by Gasteiger charge is -2.23. The molecule has 1 aromatic carbocycles. The third kappa shape index (κ3) is 3.70. The zero-order valence-electron chi connectivity index (χ0n) is 11.7. The predicted molar refractivity (Wildman–Crippen MR) is 75.1 cm³/mol. The Hall–Kier alpha value is -1.55. The molecule has 1 N–H and O–H groups in total. The number of carbonyl (C=O) groups excluding carboxylic acids is 1. The Morgan fingerprint density at radius 2 is 2.16 bits per heavy atom. The lowest BCUT2D eigenvalue weighted by atomic mass is 10.1. The standard InChI is InChI=1S/C15H22N2O2/c1-16-10-9-15(18)17(13-7-8-13)11-12-5-3-4-6-14(12)19-2/h3-6,13,16H,7-11H2,1-2H3. The largest absolute Gasteiger partial charge is 0.496 e. The van der Waals surface area contributed by atoms with Crippen molar-refractivity contribution in [3.63, 3.8) is 0 Å². The van der Waals surface area contributed by atoms with Crippen molar-refractivity contribution in [3.05, 3.63) is 29.8 Å². The maximum Gasteiger partial charge on any atom is 0.224 e. The summed E-state index contributed by atoms with van der Waals surface area (Å²) in [4.78, 5) is 14.2. The second-order valence-corrected chi connectivity index (χ2v) is 4.92. The van der Waals surface area contributed by atoms with E-state index in [0.29, 0.717) is 19.0 Å². The molecule has 0 saturated heterocycles. The van der Waals surface area contributed by atoms with Crippen LogP contribution in [-0.2, 0) is 11.3 Å². The van der Waals surface area contributed by atoms with Crippen LogP contribution in [0.5, 0.6) is 5.75 Å². The molecule has 0 spiro atoms. The summed E-state index contributed by atoms with van der Waals surface area (Å²) >= 11 is 0. The van der Waals surface area contributed by atoms with Crippen LogP contribution in [-0.4, -0.2) is 37.6 Å². The summed E-state index contributed by atoms with van der Waals surface area (Å²) < 4.78 is 5.36. The third-order valence-electron chi connectivity index (χ3n) is 3.43. The summed E-state index contributed by atoms with van der Waals surface area (Å²) in [5.74, 6) is 1.08. The number of amides is 1. The van der Waals surface area contributed by atoms with Gasteiger partial charge in [-0.3, -0.25) is 4.79 Å². The molecule has 1 fully saturated rings. The van der Waals surface area contributed by atoms with Gasteiger partial charge >= 0.3 is 0 Å². The van der Waals surface area contributed by atoms with E-state index in [0.717, 1.165) is 30.7 Å². The Morgan fingerprint density at radius 3 is 2.79 bits per heavy atom. The number of hydrogen-bond acceptors (Lipinski definition) is 3. The van der Waals surface area contributed by atoms with Gasteiger partial charge in [-0.25, -0.2) is 0 Å². The van der Waals surface area contributed by atoms with Crippen molar-refractivity contribution < 1.29 is 9.53 Å². The van der Waals surface area contributed by atoms with Gasteiger partial charge in [-0.05, 0) is 26.0 Å². The summed E-state index contributed by atoms with van der Waals surface area (Å²) in [5.41, 5.74) is 1.08. The van der Waals surface area contributed by atoms with Gasteiger partial charge in [0.1, 0.15) is 5.75 Å². The molecule has 0 atom stereocenters. The molecule has 2 rings (SSSR count). The van der Waals surface area contributed by atoms with Crippen LogP contribution in [0.2, 0.25) is 0 Å². The van der Waals surface area contributed by atoms with Crippen LogP contribution in [0.25, 0.3) is 0 Å². The Kier molecular flexibility index (Phi) is 4.80. The van der Waals surface area contributed by atoms with Gasteiger partial charge < -0.3 is 15.0 Å². The zero-order valence-corrected chi connectivity index (χ0v) is 11.7. The number of carbonyl (C=O) groups is 1. The molecule has 1 saturated carbocycles. The highest BCUT2D eigenvalue weighted by molar-refractivity contribution is 5.77. The van der Waals surface area contributed by atoms with Crippen LogP contribution in [0.1, 0.15) is 24.8 Å². The molecule has 0 radical (unpaired) electrons. The fraction of sp³-hybridized carbons (Fsp3) is 0.533. The SMILES string of the molecule is CNCCC(=O)N(Cc1ccccc1OC)C1CC1. The van der Waals surface area contributed by atoms with E-state index >= 15 is 0 Å². The van der Waals surface area contributed by atoms with E-state index in [1.807, 2.05) is 36.2 Å². The monoisotopic (exact) mass is 262 g/mol. The van der Waals surface area contributed by atoms with Crippen LogP contribution < -0.4 is 10.1 Å². The van der Waals surface area contributed by atoms with E-state index in [1.165, 1.54) is 0 Å². The average Bonchev–Trinajstić information content (AvgIpc) is 3.27. The quantitative estimate of drug-likeness (QED) is 0.814. The minimum atomic E-state index is 0.225. The van der Waals surface area contributed by atoms with Gasteiger partial charge in [0.2, 0.25) is 5.91 Å². The number of ether oxygens (including phenoxy) is 1. The highest BCUT2D eigenvalue weighted by atomic mass is 16.5. The smallest absolute Gasteiger partial charge is 0.224 e. The molecule has 0 unspecified atom stereocenters. The topological polar surface area (TPSA) is 41.6 Å². The Balaban J connectivity index is 2.06. The van der Waals surface area contributed by atoms with Crippen LogP contribution in [0, 0.1) is 0 Å². The van der Waals surface area contributed by atoms with Gasteiger partial charge in [0.15, 0.2) is 0 Å². The number of hydrogen-bond donors (Lipinski definition) is 1. The van der Waals surface area contributed by atoms with Crippen molar-refractivity contribution in [3.8, 4) is 5.75 Å². The molecule has 4 nitrogen and oxygen atoms in total. The minimum absolute atomic E-state index is 0.225. The van der Waals surface area contributed by atoms with E-state index in [-0.39, 0.29) is 5.91 Å². The van der Waals surface area contributed by atoms with Gasteiger partial charge in [-0.2, -0.15) is 0 Å². The van der Waals surface area contributed by atoms with E-state index < -0.39 is 0 Å². The average molecular weight is 262 g/mol. The first-order valence-corrected chi connectivity index (χ1v) is 6.82. The fourth-order valence-electron chi connectivity index (χ4n) is 2.20. The molecular formula is C15H22N2O2. The van der Waals surface area contributed by atoms with Crippen LogP contribution in [0.4, 0.5) is 0 Å². The minimum Gasteiger partial charge on any atom is -0.496 e. The van der Waals surface area contributed by atoms with Gasteiger partial charge in [0.05, 0.1) is 7.11 Å². The fourth-order valence-corrected chi connectivity index (χ4v) is 2.20. The van der Waals surface area contributed by atoms with Gasteiger partial charge in [-0.1, -0.05) is 18.2 Å². The molecule has 0 bridgehead atoms. The lowest BCUT2D eigenvalue weighted by Crippen LogP contribution is -2.34. The van der Waals surface area contributed by atoms with E-state index in [1.54, 1.807) is 7.11 Å². The van der Waals surface area contributed by atoms with Crippen molar-refractivity contribution in [2.24, 2.45) is 0 Å². The van der Waals surface area contributed by atoms with Gasteiger partial charge in [0, 0.05) is 31.1 Å².